The van der Waals surface area contributed by atoms with Gasteiger partial charge in [-0.1, -0.05) is 44.2 Å². The first-order valence-electron chi connectivity index (χ1n) is 9.87. The van der Waals surface area contributed by atoms with E-state index in [1.165, 1.54) is 35.5 Å². The molecule has 0 bridgehead atoms. The third kappa shape index (κ3) is 6.02. The second-order valence-corrected chi connectivity index (χ2v) is 6.99. The SMILES string of the molecule is CCN(CC)C(CNC(=O)C=Cc1cn(C)c(=O)n(C)c1=O)Cc1ccccc1. The Kier molecular flexibility index (Phi) is 8.15. The maximum absolute atomic E-state index is 12.3. The van der Waals surface area contributed by atoms with Crippen molar-refractivity contribution >= 4 is 12.0 Å². The summed E-state index contributed by atoms with van der Waals surface area (Å²) < 4.78 is 2.34. The molecule has 0 aliphatic carbocycles. The van der Waals surface area contributed by atoms with Gasteiger partial charge in [-0.2, -0.15) is 0 Å². The number of hydrogen-bond acceptors (Lipinski definition) is 4. The van der Waals surface area contributed by atoms with Crippen molar-refractivity contribution in [2.75, 3.05) is 19.6 Å². The first-order chi connectivity index (χ1) is 13.9. The number of nitrogens with one attached hydrogen (secondary N) is 1. The summed E-state index contributed by atoms with van der Waals surface area (Å²) in [6, 6.07) is 10.4. The zero-order chi connectivity index (χ0) is 21.4. The van der Waals surface area contributed by atoms with Crippen molar-refractivity contribution in [3.05, 3.63) is 74.6 Å². The Labute approximate surface area is 171 Å². The molecule has 0 aliphatic heterocycles. The molecule has 0 saturated carbocycles. The van der Waals surface area contributed by atoms with Crippen molar-refractivity contribution in [1.82, 2.24) is 19.4 Å². The largest absolute Gasteiger partial charge is 0.351 e. The highest BCUT2D eigenvalue weighted by Gasteiger charge is 2.17. The van der Waals surface area contributed by atoms with Gasteiger partial charge in [0.1, 0.15) is 0 Å². The topological polar surface area (TPSA) is 76.3 Å². The van der Waals surface area contributed by atoms with Gasteiger partial charge in [-0.15, -0.1) is 0 Å². The maximum Gasteiger partial charge on any atom is 0.330 e. The fraction of sp³-hybridized carbons (Fsp3) is 0.409. The van der Waals surface area contributed by atoms with E-state index >= 15 is 0 Å². The highest BCUT2D eigenvalue weighted by Crippen LogP contribution is 2.08. The highest BCUT2D eigenvalue weighted by molar-refractivity contribution is 5.91. The number of benzene rings is 1. The molecule has 1 heterocycles. The predicted octanol–water partition coefficient (Wildman–Crippen LogP) is 1.17. The third-order valence-electron chi connectivity index (χ3n) is 5.04. The van der Waals surface area contributed by atoms with Crippen LogP contribution in [0.2, 0.25) is 0 Å². The first kappa shape index (κ1) is 22.4. The Morgan fingerprint density at radius 1 is 1.14 bits per heavy atom. The Balaban J connectivity index is 2.07. The predicted molar refractivity (Wildman–Crippen MR) is 116 cm³/mol. The van der Waals surface area contributed by atoms with Gasteiger partial charge in [0.15, 0.2) is 0 Å². The van der Waals surface area contributed by atoms with Crippen LogP contribution in [0, 0.1) is 0 Å². The minimum Gasteiger partial charge on any atom is -0.351 e. The second-order valence-electron chi connectivity index (χ2n) is 6.99. The van der Waals surface area contributed by atoms with Crippen LogP contribution in [0.15, 0.2) is 52.2 Å². The van der Waals surface area contributed by atoms with Gasteiger partial charge in [-0.3, -0.25) is 19.1 Å². The fourth-order valence-electron chi connectivity index (χ4n) is 3.35. The van der Waals surface area contributed by atoms with E-state index in [2.05, 4.69) is 36.2 Å². The van der Waals surface area contributed by atoms with E-state index in [0.29, 0.717) is 6.54 Å². The molecule has 1 aromatic carbocycles. The molecule has 2 aromatic rings. The van der Waals surface area contributed by atoms with Gasteiger partial charge in [0.25, 0.3) is 5.56 Å². The maximum atomic E-state index is 12.3. The minimum absolute atomic E-state index is 0.176. The van der Waals surface area contributed by atoms with Gasteiger partial charge in [-0.05, 0) is 31.1 Å². The van der Waals surface area contributed by atoms with Crippen LogP contribution in [-0.4, -0.2) is 45.6 Å². The lowest BCUT2D eigenvalue weighted by Crippen LogP contribution is -2.44. The van der Waals surface area contributed by atoms with Crippen LogP contribution in [0.5, 0.6) is 0 Å². The molecule has 1 aromatic heterocycles. The molecule has 1 N–H and O–H groups in total. The Morgan fingerprint density at radius 2 is 1.79 bits per heavy atom. The van der Waals surface area contributed by atoms with Gasteiger partial charge in [0.05, 0.1) is 5.56 Å². The quantitative estimate of drug-likeness (QED) is 0.644. The molecule has 0 spiro atoms. The summed E-state index contributed by atoms with van der Waals surface area (Å²) >= 11 is 0. The number of amides is 1. The van der Waals surface area contributed by atoms with E-state index in [9.17, 15) is 14.4 Å². The van der Waals surface area contributed by atoms with Gasteiger partial charge >= 0.3 is 5.69 Å². The van der Waals surface area contributed by atoms with Gasteiger partial charge in [0.2, 0.25) is 5.91 Å². The number of aromatic nitrogens is 2. The van der Waals surface area contributed by atoms with E-state index in [1.807, 2.05) is 18.2 Å². The van der Waals surface area contributed by atoms with Crippen LogP contribution in [0.4, 0.5) is 0 Å². The molecule has 2 rings (SSSR count). The van der Waals surface area contributed by atoms with E-state index in [4.69, 9.17) is 0 Å². The fourth-order valence-corrected chi connectivity index (χ4v) is 3.35. The van der Waals surface area contributed by atoms with Crippen LogP contribution < -0.4 is 16.6 Å². The summed E-state index contributed by atoms with van der Waals surface area (Å²) in [6.45, 7) is 6.52. The summed E-state index contributed by atoms with van der Waals surface area (Å²) in [5.74, 6) is -0.272. The van der Waals surface area contributed by atoms with Crippen molar-refractivity contribution in [3.8, 4) is 0 Å². The lowest BCUT2D eigenvalue weighted by Gasteiger charge is -2.30. The van der Waals surface area contributed by atoms with E-state index < -0.39 is 11.2 Å². The summed E-state index contributed by atoms with van der Waals surface area (Å²) in [5.41, 5.74) is 0.680. The van der Waals surface area contributed by atoms with Crippen molar-refractivity contribution in [2.24, 2.45) is 14.1 Å². The average molecular weight is 399 g/mol. The van der Waals surface area contributed by atoms with Crippen LogP contribution in [0.3, 0.4) is 0 Å². The molecule has 0 saturated heterocycles. The lowest BCUT2D eigenvalue weighted by molar-refractivity contribution is -0.116. The monoisotopic (exact) mass is 398 g/mol. The number of rotatable bonds is 9. The first-order valence-corrected chi connectivity index (χ1v) is 9.87. The van der Waals surface area contributed by atoms with Crippen LogP contribution in [0.25, 0.3) is 6.08 Å². The van der Waals surface area contributed by atoms with E-state index in [-0.39, 0.29) is 17.5 Å². The van der Waals surface area contributed by atoms with E-state index in [0.717, 1.165) is 24.1 Å². The zero-order valence-corrected chi connectivity index (χ0v) is 17.6. The van der Waals surface area contributed by atoms with Crippen LogP contribution in [-0.2, 0) is 25.3 Å². The highest BCUT2D eigenvalue weighted by atomic mass is 16.2. The number of nitrogens with zero attached hydrogens (tertiary/aromatic N) is 3. The molecule has 7 heteroatoms. The molecular formula is C22H30N4O3. The number of carbonyl (C=O) groups excluding carboxylic acids is 1. The minimum atomic E-state index is -0.428. The van der Waals surface area contributed by atoms with Crippen molar-refractivity contribution < 1.29 is 4.79 Å². The molecule has 7 nitrogen and oxygen atoms in total. The van der Waals surface area contributed by atoms with Gasteiger partial charge in [0, 0.05) is 39.0 Å². The molecule has 0 aliphatic rings. The third-order valence-corrected chi connectivity index (χ3v) is 5.04. The molecule has 156 valence electrons. The molecule has 1 amide bonds. The standard InChI is InChI=1S/C22H30N4O3/c1-5-26(6-2)19(14-17-10-8-7-9-11-17)15-23-20(27)13-12-18-16-24(3)22(29)25(4)21(18)28/h7-13,16,19H,5-6,14-15H2,1-4H3,(H,23,27). The molecule has 1 atom stereocenters. The second kappa shape index (κ2) is 10.6. The molecular weight excluding hydrogens is 368 g/mol. The van der Waals surface area contributed by atoms with Crippen LogP contribution >= 0.6 is 0 Å². The number of likely N-dealkylation sites (N-methyl/N-ethyl adjacent to an activating group) is 1. The molecule has 1 unspecified atom stereocenters. The summed E-state index contributed by atoms with van der Waals surface area (Å²) in [5, 5.41) is 2.94. The average Bonchev–Trinajstić information content (AvgIpc) is 2.73. The Morgan fingerprint density at radius 3 is 2.41 bits per heavy atom. The van der Waals surface area contributed by atoms with Crippen LogP contribution in [0.1, 0.15) is 25.0 Å². The van der Waals surface area contributed by atoms with Gasteiger partial charge < -0.3 is 9.88 Å². The van der Waals surface area contributed by atoms with Gasteiger partial charge in [-0.25, -0.2) is 4.79 Å². The van der Waals surface area contributed by atoms with Crippen molar-refractivity contribution in [2.45, 2.75) is 26.3 Å². The molecule has 0 radical (unpaired) electrons. The molecule has 0 fully saturated rings. The zero-order valence-electron chi connectivity index (χ0n) is 17.6. The summed E-state index contributed by atoms with van der Waals surface area (Å²) in [6.07, 6.45) is 5.06. The van der Waals surface area contributed by atoms with Crippen molar-refractivity contribution in [1.29, 1.82) is 0 Å². The molecule has 29 heavy (non-hydrogen) atoms. The van der Waals surface area contributed by atoms with Crippen molar-refractivity contribution in [3.63, 3.8) is 0 Å². The number of hydrogen-bond donors (Lipinski definition) is 1. The smallest absolute Gasteiger partial charge is 0.330 e. The Hall–Kier alpha value is -2.93. The Bertz CT molecular complexity index is 956. The van der Waals surface area contributed by atoms with E-state index in [1.54, 1.807) is 7.05 Å². The normalized spacial score (nSPS) is 12.4. The summed E-state index contributed by atoms with van der Waals surface area (Å²) in [4.78, 5) is 38.5. The number of aryl methyl sites for hydroxylation is 1. The number of carbonyl (C=O) groups is 1. The summed E-state index contributed by atoms with van der Waals surface area (Å²) in [7, 11) is 2.98. The lowest BCUT2D eigenvalue weighted by atomic mass is 10.0.